The van der Waals surface area contributed by atoms with Gasteiger partial charge in [-0.1, -0.05) is 25.1 Å². The Labute approximate surface area is 113 Å². The van der Waals surface area contributed by atoms with Crippen molar-refractivity contribution in [2.75, 3.05) is 11.9 Å². The summed E-state index contributed by atoms with van der Waals surface area (Å²) in [5.41, 5.74) is 0.728. The molecule has 0 spiro atoms. The number of carboxylic acids is 1. The molecule has 0 aliphatic heterocycles. The van der Waals surface area contributed by atoms with E-state index in [1.165, 1.54) is 0 Å². The number of nitrogens with one attached hydrogen (secondary N) is 2. The molecule has 1 unspecified atom stereocenters. The van der Waals surface area contributed by atoms with Crippen molar-refractivity contribution >= 4 is 17.7 Å². The summed E-state index contributed by atoms with van der Waals surface area (Å²) < 4.78 is 0. The summed E-state index contributed by atoms with van der Waals surface area (Å²) >= 11 is 0. The lowest BCUT2D eigenvalue weighted by atomic mass is 9.88. The van der Waals surface area contributed by atoms with Crippen LogP contribution < -0.4 is 10.6 Å². The molecule has 0 aromatic heterocycles. The standard InChI is InChI=1S/C14H20N2O3/c1-4-14(3,12(17)18)9-15-13(19)16-11-8-6-5-7-10(11)2/h5-8H,4,9H2,1-3H3,(H,17,18)(H2,15,16,19). The third-order valence-corrected chi connectivity index (χ3v) is 3.33. The average molecular weight is 264 g/mol. The molecule has 0 aliphatic carbocycles. The van der Waals surface area contributed by atoms with Gasteiger partial charge in [-0.15, -0.1) is 0 Å². The van der Waals surface area contributed by atoms with Gasteiger partial charge in [-0.3, -0.25) is 4.79 Å². The summed E-state index contributed by atoms with van der Waals surface area (Å²) in [6, 6.07) is 7.01. The van der Waals surface area contributed by atoms with E-state index in [2.05, 4.69) is 10.6 Å². The molecule has 1 atom stereocenters. The topological polar surface area (TPSA) is 78.4 Å². The first kappa shape index (κ1) is 15.0. The van der Waals surface area contributed by atoms with E-state index < -0.39 is 17.4 Å². The van der Waals surface area contributed by atoms with Crippen LogP contribution in [0.4, 0.5) is 10.5 Å². The van der Waals surface area contributed by atoms with Crippen molar-refractivity contribution in [2.45, 2.75) is 27.2 Å². The molecule has 0 radical (unpaired) electrons. The van der Waals surface area contributed by atoms with Crippen molar-refractivity contribution in [3.8, 4) is 0 Å². The number of anilines is 1. The molecule has 0 aliphatic rings. The molecule has 0 saturated heterocycles. The SMILES string of the molecule is CCC(C)(CNC(=O)Nc1ccccc1C)C(=O)O. The van der Waals surface area contributed by atoms with E-state index in [1.807, 2.05) is 25.1 Å². The van der Waals surface area contributed by atoms with E-state index in [0.717, 1.165) is 5.56 Å². The average Bonchev–Trinajstić information content (AvgIpc) is 2.38. The molecule has 19 heavy (non-hydrogen) atoms. The number of benzene rings is 1. The van der Waals surface area contributed by atoms with E-state index in [-0.39, 0.29) is 6.54 Å². The van der Waals surface area contributed by atoms with Crippen LogP contribution in [0.3, 0.4) is 0 Å². The zero-order valence-electron chi connectivity index (χ0n) is 11.5. The lowest BCUT2D eigenvalue weighted by molar-refractivity contribution is -0.147. The molecular weight excluding hydrogens is 244 g/mol. The normalized spacial score (nSPS) is 13.4. The molecule has 1 rings (SSSR count). The smallest absolute Gasteiger partial charge is 0.319 e. The zero-order valence-corrected chi connectivity index (χ0v) is 11.5. The lowest BCUT2D eigenvalue weighted by Gasteiger charge is -2.23. The van der Waals surface area contributed by atoms with Crippen LogP contribution in [0.15, 0.2) is 24.3 Å². The van der Waals surface area contributed by atoms with Crippen LogP contribution in [-0.2, 0) is 4.79 Å². The quantitative estimate of drug-likeness (QED) is 0.765. The van der Waals surface area contributed by atoms with Gasteiger partial charge in [-0.05, 0) is 31.9 Å². The van der Waals surface area contributed by atoms with Gasteiger partial charge in [-0.25, -0.2) is 4.79 Å². The summed E-state index contributed by atoms with van der Waals surface area (Å²) in [4.78, 5) is 22.8. The number of aliphatic carboxylic acids is 1. The monoisotopic (exact) mass is 264 g/mol. The first-order chi connectivity index (χ1) is 8.89. The van der Waals surface area contributed by atoms with Crippen molar-refractivity contribution in [1.82, 2.24) is 5.32 Å². The fraction of sp³-hybridized carbons (Fsp3) is 0.429. The minimum absolute atomic E-state index is 0.0938. The molecule has 0 bridgehead atoms. The number of amides is 2. The van der Waals surface area contributed by atoms with Crippen LogP contribution >= 0.6 is 0 Å². The maximum Gasteiger partial charge on any atom is 0.319 e. The molecule has 1 aromatic rings. The number of rotatable bonds is 5. The molecule has 2 amide bonds. The van der Waals surface area contributed by atoms with Gasteiger partial charge in [0, 0.05) is 12.2 Å². The first-order valence-electron chi connectivity index (χ1n) is 6.23. The van der Waals surface area contributed by atoms with Crippen LogP contribution in [-0.4, -0.2) is 23.7 Å². The second kappa shape index (κ2) is 6.22. The van der Waals surface area contributed by atoms with Gasteiger partial charge in [0.2, 0.25) is 0 Å². The van der Waals surface area contributed by atoms with Gasteiger partial charge < -0.3 is 15.7 Å². The highest BCUT2D eigenvalue weighted by molar-refractivity contribution is 5.90. The predicted molar refractivity (Wildman–Crippen MR) is 74.2 cm³/mol. The van der Waals surface area contributed by atoms with E-state index in [1.54, 1.807) is 19.9 Å². The van der Waals surface area contributed by atoms with Crippen molar-refractivity contribution in [2.24, 2.45) is 5.41 Å². The molecule has 5 nitrogen and oxygen atoms in total. The maximum absolute atomic E-state index is 11.7. The number of para-hydroxylation sites is 1. The van der Waals surface area contributed by atoms with Gasteiger partial charge in [0.15, 0.2) is 0 Å². The molecule has 0 saturated carbocycles. The van der Waals surface area contributed by atoms with Crippen molar-refractivity contribution in [3.63, 3.8) is 0 Å². The molecule has 5 heteroatoms. The Kier molecular flexibility index (Phi) is 4.92. The third-order valence-electron chi connectivity index (χ3n) is 3.33. The predicted octanol–water partition coefficient (Wildman–Crippen LogP) is 2.62. The minimum Gasteiger partial charge on any atom is -0.481 e. The van der Waals surface area contributed by atoms with E-state index in [4.69, 9.17) is 5.11 Å². The van der Waals surface area contributed by atoms with Crippen molar-refractivity contribution in [1.29, 1.82) is 0 Å². The van der Waals surface area contributed by atoms with Crippen LogP contribution in [0, 0.1) is 12.3 Å². The first-order valence-corrected chi connectivity index (χ1v) is 6.23. The summed E-state index contributed by atoms with van der Waals surface area (Å²) in [7, 11) is 0. The van der Waals surface area contributed by atoms with Crippen LogP contribution in [0.25, 0.3) is 0 Å². The molecule has 0 heterocycles. The van der Waals surface area contributed by atoms with Crippen LogP contribution in [0.5, 0.6) is 0 Å². The fourth-order valence-electron chi connectivity index (χ4n) is 1.51. The number of aryl methyl sites for hydroxylation is 1. The highest BCUT2D eigenvalue weighted by Gasteiger charge is 2.31. The number of hydrogen-bond donors (Lipinski definition) is 3. The minimum atomic E-state index is -0.941. The Balaban J connectivity index is 2.58. The van der Waals surface area contributed by atoms with Crippen LogP contribution in [0.2, 0.25) is 0 Å². The Morgan fingerprint density at radius 3 is 2.47 bits per heavy atom. The molecular formula is C14H20N2O3. The lowest BCUT2D eigenvalue weighted by Crippen LogP contribution is -2.42. The van der Waals surface area contributed by atoms with Gasteiger partial charge in [0.25, 0.3) is 0 Å². The van der Waals surface area contributed by atoms with Gasteiger partial charge in [-0.2, -0.15) is 0 Å². The summed E-state index contributed by atoms with van der Waals surface area (Å²) in [5, 5.41) is 14.4. The van der Waals surface area contributed by atoms with Gasteiger partial charge in [0.05, 0.1) is 5.41 Å². The highest BCUT2D eigenvalue weighted by atomic mass is 16.4. The molecule has 3 N–H and O–H groups in total. The highest BCUT2D eigenvalue weighted by Crippen LogP contribution is 2.20. The number of hydrogen-bond acceptors (Lipinski definition) is 2. The Hall–Kier alpha value is -2.04. The second-order valence-corrected chi connectivity index (χ2v) is 4.84. The number of carbonyl (C=O) groups excluding carboxylic acids is 1. The second-order valence-electron chi connectivity index (χ2n) is 4.84. The van der Waals surface area contributed by atoms with Gasteiger partial charge >= 0.3 is 12.0 Å². The number of carbonyl (C=O) groups is 2. The van der Waals surface area contributed by atoms with Crippen molar-refractivity contribution < 1.29 is 14.7 Å². The largest absolute Gasteiger partial charge is 0.481 e. The Bertz CT molecular complexity index is 474. The van der Waals surface area contributed by atoms with E-state index in [9.17, 15) is 9.59 Å². The Morgan fingerprint density at radius 2 is 1.95 bits per heavy atom. The fourth-order valence-corrected chi connectivity index (χ4v) is 1.51. The number of carboxylic acid groups (broad SMARTS) is 1. The maximum atomic E-state index is 11.7. The van der Waals surface area contributed by atoms with Gasteiger partial charge in [0.1, 0.15) is 0 Å². The number of urea groups is 1. The van der Waals surface area contributed by atoms with Crippen molar-refractivity contribution in [3.05, 3.63) is 29.8 Å². The van der Waals surface area contributed by atoms with Crippen LogP contribution in [0.1, 0.15) is 25.8 Å². The molecule has 104 valence electrons. The summed E-state index contributed by atoms with van der Waals surface area (Å²) in [6.45, 7) is 5.39. The third kappa shape index (κ3) is 3.98. The zero-order chi connectivity index (χ0) is 14.5. The summed E-state index contributed by atoms with van der Waals surface area (Å²) in [6.07, 6.45) is 0.451. The molecule has 0 fully saturated rings. The Morgan fingerprint density at radius 1 is 1.32 bits per heavy atom. The van der Waals surface area contributed by atoms with E-state index in [0.29, 0.717) is 12.1 Å². The van der Waals surface area contributed by atoms with E-state index >= 15 is 0 Å². The summed E-state index contributed by atoms with van der Waals surface area (Å²) in [5.74, 6) is -0.911. The molecule has 1 aromatic carbocycles.